The average molecular weight is 394 g/mol. The number of rotatable bonds is 4. The van der Waals surface area contributed by atoms with E-state index < -0.39 is 6.36 Å². The van der Waals surface area contributed by atoms with E-state index in [1.165, 1.54) is 22.6 Å². The smallest absolute Gasteiger partial charge is 0.406 e. The zero-order valence-corrected chi connectivity index (χ0v) is 15.8. The molecule has 2 aliphatic heterocycles. The SMILES string of the molecule is Cc1ccc(S[C@@H]2C[C@H]3CN(c4ccc(OC(F)(F)F)cc4)CN3C2)cc1. The third-order valence-corrected chi connectivity index (χ3v) is 6.25. The largest absolute Gasteiger partial charge is 0.573 e. The molecule has 27 heavy (non-hydrogen) atoms. The van der Waals surface area contributed by atoms with Gasteiger partial charge in [-0.15, -0.1) is 24.9 Å². The molecule has 0 N–H and O–H groups in total. The molecule has 4 rings (SSSR count). The van der Waals surface area contributed by atoms with E-state index in [0.29, 0.717) is 11.3 Å². The Morgan fingerprint density at radius 2 is 1.70 bits per heavy atom. The van der Waals surface area contributed by atoms with Crippen LogP contribution >= 0.6 is 11.8 Å². The molecule has 2 saturated heterocycles. The molecule has 0 saturated carbocycles. The van der Waals surface area contributed by atoms with Gasteiger partial charge < -0.3 is 9.64 Å². The second kappa shape index (κ2) is 7.28. The second-order valence-electron chi connectivity index (χ2n) is 7.12. The summed E-state index contributed by atoms with van der Waals surface area (Å²) in [4.78, 5) is 5.99. The highest BCUT2D eigenvalue weighted by atomic mass is 32.2. The summed E-state index contributed by atoms with van der Waals surface area (Å²) >= 11 is 1.94. The second-order valence-corrected chi connectivity index (χ2v) is 8.49. The lowest BCUT2D eigenvalue weighted by Crippen LogP contribution is -2.27. The molecular formula is C20H21F3N2OS. The minimum Gasteiger partial charge on any atom is -0.406 e. The molecule has 2 heterocycles. The van der Waals surface area contributed by atoms with E-state index in [0.717, 1.165) is 31.9 Å². The van der Waals surface area contributed by atoms with Crippen molar-refractivity contribution in [1.29, 1.82) is 0 Å². The minimum absolute atomic E-state index is 0.180. The third-order valence-electron chi connectivity index (χ3n) is 5.03. The van der Waals surface area contributed by atoms with Crippen molar-refractivity contribution < 1.29 is 17.9 Å². The van der Waals surface area contributed by atoms with Crippen molar-refractivity contribution in [3.8, 4) is 5.75 Å². The zero-order chi connectivity index (χ0) is 19.0. The van der Waals surface area contributed by atoms with Gasteiger partial charge in [0.1, 0.15) is 5.75 Å². The standard InChI is InChI=1S/C20H21F3N2OS/c1-14-2-8-18(9-3-14)27-19-10-16-11-24(13-25(16)12-19)15-4-6-17(7-5-15)26-20(21,22)23/h2-9,16,19H,10-13H2,1H3/t16-,19+/m0/s1. The van der Waals surface area contributed by atoms with E-state index in [4.69, 9.17) is 0 Å². The number of aryl methyl sites for hydroxylation is 1. The van der Waals surface area contributed by atoms with Crippen molar-refractivity contribution in [3.63, 3.8) is 0 Å². The van der Waals surface area contributed by atoms with Gasteiger partial charge in [-0.05, 0) is 49.7 Å². The Kier molecular flexibility index (Phi) is 4.99. The van der Waals surface area contributed by atoms with Gasteiger partial charge in [-0.1, -0.05) is 17.7 Å². The highest BCUT2D eigenvalue weighted by molar-refractivity contribution is 8.00. The molecule has 0 amide bonds. The number of anilines is 1. The normalized spacial score (nSPS) is 22.9. The number of hydrogen-bond acceptors (Lipinski definition) is 4. The molecular weight excluding hydrogens is 373 g/mol. The van der Waals surface area contributed by atoms with Crippen molar-refractivity contribution in [2.24, 2.45) is 0 Å². The van der Waals surface area contributed by atoms with E-state index in [2.05, 4.69) is 45.7 Å². The molecule has 0 aromatic heterocycles. The van der Waals surface area contributed by atoms with Crippen LogP contribution in [0.5, 0.6) is 5.75 Å². The monoisotopic (exact) mass is 394 g/mol. The van der Waals surface area contributed by atoms with Crippen molar-refractivity contribution in [2.75, 3.05) is 24.7 Å². The molecule has 0 aliphatic carbocycles. The molecule has 0 bridgehead atoms. The predicted octanol–water partition coefficient (Wildman–Crippen LogP) is 4.91. The fourth-order valence-electron chi connectivity index (χ4n) is 3.77. The number of ether oxygens (including phenoxy) is 1. The van der Waals surface area contributed by atoms with Crippen LogP contribution in [-0.2, 0) is 0 Å². The lowest BCUT2D eigenvalue weighted by molar-refractivity contribution is -0.274. The molecule has 2 aliphatic rings. The Morgan fingerprint density at radius 1 is 1.00 bits per heavy atom. The van der Waals surface area contributed by atoms with Gasteiger partial charge in [-0.2, -0.15) is 0 Å². The third kappa shape index (κ3) is 4.52. The van der Waals surface area contributed by atoms with Gasteiger partial charge in [0.05, 0.1) is 6.67 Å². The van der Waals surface area contributed by atoms with Crippen LogP contribution in [0.4, 0.5) is 18.9 Å². The quantitative estimate of drug-likeness (QED) is 0.732. The molecule has 2 aromatic rings. The maximum atomic E-state index is 12.3. The Bertz CT molecular complexity index is 765. The molecule has 144 valence electrons. The van der Waals surface area contributed by atoms with E-state index in [9.17, 15) is 13.2 Å². The molecule has 2 fully saturated rings. The first-order valence-electron chi connectivity index (χ1n) is 8.94. The average Bonchev–Trinajstić information content (AvgIpc) is 3.15. The van der Waals surface area contributed by atoms with Gasteiger partial charge in [-0.3, -0.25) is 4.90 Å². The molecule has 3 nitrogen and oxygen atoms in total. The van der Waals surface area contributed by atoms with Crippen LogP contribution in [0.25, 0.3) is 0 Å². The van der Waals surface area contributed by atoms with Crippen LogP contribution in [-0.4, -0.2) is 42.3 Å². The molecule has 0 unspecified atom stereocenters. The van der Waals surface area contributed by atoms with Gasteiger partial charge in [0.25, 0.3) is 0 Å². The first-order valence-corrected chi connectivity index (χ1v) is 9.82. The number of benzene rings is 2. The van der Waals surface area contributed by atoms with Crippen molar-refractivity contribution in [1.82, 2.24) is 4.90 Å². The van der Waals surface area contributed by atoms with Gasteiger partial charge in [-0.25, -0.2) is 0 Å². The first kappa shape index (κ1) is 18.5. The van der Waals surface area contributed by atoms with Crippen LogP contribution < -0.4 is 9.64 Å². The number of hydrogen-bond donors (Lipinski definition) is 0. The lowest BCUT2D eigenvalue weighted by Gasteiger charge is -2.21. The van der Waals surface area contributed by atoms with Gasteiger partial charge >= 0.3 is 6.36 Å². The predicted molar refractivity (Wildman–Crippen MR) is 101 cm³/mol. The van der Waals surface area contributed by atoms with Crippen LogP contribution in [0.2, 0.25) is 0 Å². The first-order chi connectivity index (χ1) is 12.9. The van der Waals surface area contributed by atoms with E-state index in [1.54, 1.807) is 12.1 Å². The van der Waals surface area contributed by atoms with Gasteiger partial charge in [0.15, 0.2) is 0 Å². The topological polar surface area (TPSA) is 15.7 Å². The van der Waals surface area contributed by atoms with Crippen molar-refractivity contribution in [2.45, 2.75) is 35.9 Å². The summed E-state index contributed by atoms with van der Waals surface area (Å²) in [7, 11) is 0. The summed E-state index contributed by atoms with van der Waals surface area (Å²) < 4.78 is 40.8. The lowest BCUT2D eigenvalue weighted by atomic mass is 10.2. The number of alkyl halides is 3. The fraction of sp³-hybridized carbons (Fsp3) is 0.400. The number of nitrogens with zero attached hydrogens (tertiary/aromatic N) is 2. The van der Waals surface area contributed by atoms with Gasteiger partial charge in [0.2, 0.25) is 0 Å². The summed E-state index contributed by atoms with van der Waals surface area (Å²) in [5.74, 6) is -0.180. The van der Waals surface area contributed by atoms with Crippen LogP contribution in [0.1, 0.15) is 12.0 Å². The van der Waals surface area contributed by atoms with Crippen molar-refractivity contribution >= 4 is 17.4 Å². The number of thioether (sulfide) groups is 1. The Morgan fingerprint density at radius 3 is 2.33 bits per heavy atom. The summed E-state index contributed by atoms with van der Waals surface area (Å²) in [6.07, 6.45) is -3.52. The van der Waals surface area contributed by atoms with E-state index in [1.807, 2.05) is 11.8 Å². The Balaban J connectivity index is 1.32. The zero-order valence-electron chi connectivity index (χ0n) is 14.9. The molecule has 2 aromatic carbocycles. The van der Waals surface area contributed by atoms with Gasteiger partial charge in [0, 0.05) is 35.0 Å². The highest BCUT2D eigenvalue weighted by Gasteiger charge is 2.39. The maximum Gasteiger partial charge on any atom is 0.573 e. The highest BCUT2D eigenvalue weighted by Crippen LogP contribution is 2.37. The fourth-order valence-corrected chi connectivity index (χ4v) is 5.04. The molecule has 0 spiro atoms. The van der Waals surface area contributed by atoms with E-state index in [-0.39, 0.29) is 5.75 Å². The molecule has 2 atom stereocenters. The summed E-state index contributed by atoms with van der Waals surface area (Å²) in [5.41, 5.74) is 2.20. The summed E-state index contributed by atoms with van der Waals surface area (Å²) in [6.45, 7) is 4.85. The van der Waals surface area contributed by atoms with Crippen LogP contribution in [0.3, 0.4) is 0 Å². The Hall–Kier alpha value is -1.86. The number of fused-ring (bicyclic) bond motifs is 1. The van der Waals surface area contributed by atoms with Crippen molar-refractivity contribution in [3.05, 3.63) is 54.1 Å². The van der Waals surface area contributed by atoms with Crippen LogP contribution in [0.15, 0.2) is 53.4 Å². The van der Waals surface area contributed by atoms with Crippen LogP contribution in [0, 0.1) is 6.92 Å². The minimum atomic E-state index is -4.65. The molecule has 7 heteroatoms. The van der Waals surface area contributed by atoms with E-state index >= 15 is 0 Å². The number of halogens is 3. The Labute approximate surface area is 161 Å². The summed E-state index contributed by atoms with van der Waals surface area (Å²) in [5, 5.41) is 0.586. The molecule has 0 radical (unpaired) electrons. The summed E-state index contributed by atoms with van der Waals surface area (Å²) in [6, 6.07) is 15.3. The maximum absolute atomic E-state index is 12.3.